The average Bonchev–Trinajstić information content (AvgIpc) is 3.09. The zero-order valence-electron chi connectivity index (χ0n) is 12.2. The highest BCUT2D eigenvalue weighted by atomic mass is 32.1. The van der Waals surface area contributed by atoms with E-state index >= 15 is 0 Å². The van der Waals surface area contributed by atoms with Crippen LogP contribution in [-0.4, -0.2) is 5.91 Å². The van der Waals surface area contributed by atoms with Crippen molar-refractivity contribution in [1.82, 2.24) is 0 Å². The van der Waals surface area contributed by atoms with Crippen LogP contribution in [-0.2, 0) is 10.2 Å². The SMILES string of the molecule is Nc1ccc(C2(c3ccc(N)cc3)C(=O)Nc3sccc32)cc1. The van der Waals surface area contributed by atoms with Crippen molar-refractivity contribution in [3.63, 3.8) is 0 Å². The molecule has 2 heterocycles. The summed E-state index contributed by atoms with van der Waals surface area (Å²) in [4.78, 5) is 13.0. The van der Waals surface area contributed by atoms with Gasteiger partial charge in [0.05, 0.1) is 5.00 Å². The summed E-state index contributed by atoms with van der Waals surface area (Å²) in [6, 6.07) is 17.0. The van der Waals surface area contributed by atoms with Crippen molar-refractivity contribution in [3.8, 4) is 0 Å². The monoisotopic (exact) mass is 321 g/mol. The molecule has 0 atom stereocenters. The van der Waals surface area contributed by atoms with Crippen molar-refractivity contribution in [2.45, 2.75) is 5.41 Å². The largest absolute Gasteiger partial charge is 0.399 e. The molecule has 1 aromatic heterocycles. The number of rotatable bonds is 2. The highest BCUT2D eigenvalue weighted by molar-refractivity contribution is 7.14. The van der Waals surface area contributed by atoms with E-state index in [1.54, 1.807) is 0 Å². The maximum atomic E-state index is 13.0. The molecule has 0 spiro atoms. The Hall–Kier alpha value is -2.79. The molecular weight excluding hydrogens is 306 g/mol. The normalized spacial score (nSPS) is 15.2. The summed E-state index contributed by atoms with van der Waals surface area (Å²) in [5.74, 6) is -0.0473. The molecule has 5 heteroatoms. The lowest BCUT2D eigenvalue weighted by molar-refractivity contribution is -0.118. The van der Waals surface area contributed by atoms with Crippen LogP contribution in [0.3, 0.4) is 0 Å². The Balaban J connectivity index is 2.04. The van der Waals surface area contributed by atoms with Crippen LogP contribution in [0, 0.1) is 0 Å². The number of nitrogens with one attached hydrogen (secondary N) is 1. The summed E-state index contributed by atoms with van der Waals surface area (Å²) in [7, 11) is 0. The van der Waals surface area contributed by atoms with Crippen LogP contribution in [0.5, 0.6) is 0 Å². The summed E-state index contributed by atoms with van der Waals surface area (Å²) in [5.41, 5.74) is 14.9. The number of carbonyl (C=O) groups excluding carboxylic acids is 1. The lowest BCUT2D eigenvalue weighted by Gasteiger charge is -2.28. The zero-order chi connectivity index (χ0) is 16.0. The van der Waals surface area contributed by atoms with Gasteiger partial charge in [0, 0.05) is 16.9 Å². The van der Waals surface area contributed by atoms with Crippen LogP contribution in [0.25, 0.3) is 0 Å². The van der Waals surface area contributed by atoms with Gasteiger partial charge in [0.1, 0.15) is 5.41 Å². The minimum Gasteiger partial charge on any atom is -0.399 e. The second-order valence-corrected chi connectivity index (χ2v) is 6.53. The van der Waals surface area contributed by atoms with E-state index in [9.17, 15) is 4.79 Å². The molecule has 1 aliphatic rings. The number of benzene rings is 2. The fraction of sp³-hybridized carbons (Fsp3) is 0.0556. The molecule has 0 bridgehead atoms. The first kappa shape index (κ1) is 13.8. The van der Waals surface area contributed by atoms with Gasteiger partial charge in [-0.1, -0.05) is 24.3 Å². The smallest absolute Gasteiger partial charge is 0.244 e. The summed E-state index contributed by atoms with van der Waals surface area (Å²) >= 11 is 1.53. The fourth-order valence-electron chi connectivity index (χ4n) is 3.23. The maximum Gasteiger partial charge on any atom is 0.244 e. The molecule has 3 aromatic rings. The van der Waals surface area contributed by atoms with E-state index in [1.165, 1.54) is 11.3 Å². The van der Waals surface area contributed by atoms with Crippen molar-refractivity contribution in [1.29, 1.82) is 0 Å². The van der Waals surface area contributed by atoms with Crippen molar-refractivity contribution in [3.05, 3.63) is 76.7 Å². The van der Waals surface area contributed by atoms with Gasteiger partial charge >= 0.3 is 0 Å². The highest BCUT2D eigenvalue weighted by Crippen LogP contribution is 2.49. The molecule has 4 nitrogen and oxygen atoms in total. The second-order valence-electron chi connectivity index (χ2n) is 5.61. The molecule has 0 saturated heterocycles. The molecule has 4 rings (SSSR count). The Kier molecular flexibility index (Phi) is 2.92. The third-order valence-electron chi connectivity index (χ3n) is 4.32. The van der Waals surface area contributed by atoms with E-state index in [1.807, 2.05) is 60.0 Å². The maximum absolute atomic E-state index is 13.0. The average molecular weight is 321 g/mol. The number of hydrogen-bond acceptors (Lipinski definition) is 4. The van der Waals surface area contributed by atoms with Gasteiger partial charge in [-0.05, 0) is 46.8 Å². The molecule has 0 saturated carbocycles. The van der Waals surface area contributed by atoms with Crippen LogP contribution in [0.15, 0.2) is 60.0 Å². The number of amides is 1. The van der Waals surface area contributed by atoms with Crippen LogP contribution in [0.1, 0.15) is 16.7 Å². The van der Waals surface area contributed by atoms with Gasteiger partial charge in [-0.25, -0.2) is 0 Å². The molecule has 0 radical (unpaired) electrons. The molecule has 0 aliphatic carbocycles. The fourth-order valence-corrected chi connectivity index (χ4v) is 4.07. The van der Waals surface area contributed by atoms with Crippen LogP contribution in [0.2, 0.25) is 0 Å². The van der Waals surface area contributed by atoms with Gasteiger partial charge in [-0.3, -0.25) is 4.79 Å². The molecule has 0 unspecified atom stereocenters. The summed E-state index contributed by atoms with van der Waals surface area (Å²) in [5, 5.41) is 5.90. The number of anilines is 3. The second kappa shape index (κ2) is 4.86. The standard InChI is InChI=1S/C18H15N3OS/c19-13-5-1-11(2-6-13)18(12-3-7-14(20)8-4-12)15-9-10-23-16(15)21-17(18)22/h1-10H,19-20H2,(H,21,22). The molecule has 23 heavy (non-hydrogen) atoms. The third kappa shape index (κ3) is 1.87. The van der Waals surface area contributed by atoms with Gasteiger partial charge in [0.25, 0.3) is 0 Å². The number of carbonyl (C=O) groups is 1. The molecule has 5 N–H and O–H groups in total. The number of nitrogen functional groups attached to an aromatic ring is 2. The van der Waals surface area contributed by atoms with Gasteiger partial charge < -0.3 is 16.8 Å². The van der Waals surface area contributed by atoms with Crippen LogP contribution < -0.4 is 16.8 Å². The predicted molar refractivity (Wildman–Crippen MR) is 94.5 cm³/mol. The van der Waals surface area contributed by atoms with Crippen molar-refractivity contribution in [2.75, 3.05) is 16.8 Å². The van der Waals surface area contributed by atoms with Gasteiger partial charge in [0.2, 0.25) is 5.91 Å². The van der Waals surface area contributed by atoms with E-state index in [2.05, 4.69) is 5.32 Å². The first-order valence-corrected chi connectivity index (χ1v) is 8.12. The number of fused-ring (bicyclic) bond motifs is 1. The van der Waals surface area contributed by atoms with Crippen molar-refractivity contribution in [2.24, 2.45) is 0 Å². The van der Waals surface area contributed by atoms with E-state index in [0.717, 1.165) is 21.7 Å². The third-order valence-corrected chi connectivity index (χ3v) is 5.15. The molecule has 2 aromatic carbocycles. The van der Waals surface area contributed by atoms with E-state index in [-0.39, 0.29) is 5.91 Å². The minimum absolute atomic E-state index is 0.0473. The summed E-state index contributed by atoms with van der Waals surface area (Å²) in [6.07, 6.45) is 0. The van der Waals surface area contributed by atoms with Crippen molar-refractivity contribution >= 4 is 33.6 Å². The molecule has 114 valence electrons. The molecule has 1 aliphatic heterocycles. The highest BCUT2D eigenvalue weighted by Gasteiger charge is 2.50. The Morgan fingerprint density at radius 1 is 0.826 bits per heavy atom. The Bertz CT molecular complexity index is 836. The molecule has 1 amide bonds. The Morgan fingerprint density at radius 2 is 1.35 bits per heavy atom. The van der Waals surface area contributed by atoms with E-state index < -0.39 is 5.41 Å². The molecule has 0 fully saturated rings. The number of hydrogen-bond donors (Lipinski definition) is 3. The van der Waals surface area contributed by atoms with Gasteiger partial charge in [-0.15, -0.1) is 11.3 Å². The number of nitrogens with two attached hydrogens (primary N) is 2. The van der Waals surface area contributed by atoms with Crippen molar-refractivity contribution < 1.29 is 4.79 Å². The van der Waals surface area contributed by atoms with E-state index in [0.29, 0.717) is 11.4 Å². The summed E-state index contributed by atoms with van der Waals surface area (Å²) in [6.45, 7) is 0. The zero-order valence-corrected chi connectivity index (χ0v) is 13.1. The number of thiophene rings is 1. The lowest BCUT2D eigenvalue weighted by atomic mass is 9.71. The summed E-state index contributed by atoms with van der Waals surface area (Å²) < 4.78 is 0. The van der Waals surface area contributed by atoms with Crippen LogP contribution >= 0.6 is 11.3 Å². The van der Waals surface area contributed by atoms with Gasteiger partial charge in [-0.2, -0.15) is 0 Å². The molecular formula is C18H15N3OS. The Morgan fingerprint density at radius 3 is 1.87 bits per heavy atom. The Labute approximate surface area is 137 Å². The minimum atomic E-state index is -0.864. The van der Waals surface area contributed by atoms with E-state index in [4.69, 9.17) is 11.5 Å². The first-order valence-electron chi connectivity index (χ1n) is 7.24. The van der Waals surface area contributed by atoms with Gasteiger partial charge in [0.15, 0.2) is 0 Å². The quantitative estimate of drug-likeness (QED) is 0.634. The van der Waals surface area contributed by atoms with Crippen LogP contribution in [0.4, 0.5) is 16.4 Å². The predicted octanol–water partition coefficient (Wildman–Crippen LogP) is 3.20. The lowest BCUT2D eigenvalue weighted by Crippen LogP contribution is -2.37. The topological polar surface area (TPSA) is 81.1 Å². The first-order chi connectivity index (χ1) is 11.1.